The van der Waals surface area contributed by atoms with E-state index in [2.05, 4.69) is 15.3 Å². The van der Waals surface area contributed by atoms with Crippen molar-refractivity contribution < 1.29 is 14.0 Å². The summed E-state index contributed by atoms with van der Waals surface area (Å²) >= 11 is 0. The first kappa shape index (κ1) is 21.7. The molecule has 32 heavy (non-hydrogen) atoms. The normalized spacial score (nSPS) is 13.2. The molecule has 0 saturated heterocycles. The minimum absolute atomic E-state index is 0.0493. The molecule has 0 bridgehead atoms. The lowest BCUT2D eigenvalue weighted by Crippen LogP contribution is -2.37. The number of imidazole rings is 1. The molecule has 7 nitrogen and oxygen atoms in total. The lowest BCUT2D eigenvalue weighted by Gasteiger charge is -2.27. The highest BCUT2D eigenvalue weighted by Crippen LogP contribution is 2.25. The van der Waals surface area contributed by atoms with E-state index < -0.39 is 0 Å². The van der Waals surface area contributed by atoms with Crippen LogP contribution in [0, 0.1) is 5.82 Å². The van der Waals surface area contributed by atoms with Crippen molar-refractivity contribution in [1.82, 2.24) is 24.8 Å². The van der Waals surface area contributed by atoms with Crippen LogP contribution in [0.3, 0.4) is 0 Å². The number of benzene rings is 1. The molecular weight excluding hydrogens is 409 g/mol. The second kappa shape index (κ2) is 9.30. The van der Waals surface area contributed by atoms with E-state index >= 15 is 0 Å². The molecule has 1 aliphatic rings. The first-order valence-corrected chi connectivity index (χ1v) is 10.8. The summed E-state index contributed by atoms with van der Waals surface area (Å²) in [5.74, 6) is -0.360. The number of hydrogen-bond acceptors (Lipinski definition) is 4. The van der Waals surface area contributed by atoms with Crippen molar-refractivity contribution >= 4 is 11.8 Å². The fraction of sp³-hybridized carbons (Fsp3) is 0.333. The number of carbonyl (C=O) groups is 2. The van der Waals surface area contributed by atoms with Crippen LogP contribution in [-0.4, -0.2) is 44.3 Å². The smallest absolute Gasteiger partial charge is 0.287 e. The van der Waals surface area contributed by atoms with E-state index in [1.54, 1.807) is 35.4 Å². The molecule has 0 aliphatic carbocycles. The Morgan fingerprint density at radius 3 is 2.75 bits per heavy atom. The quantitative estimate of drug-likeness (QED) is 0.645. The van der Waals surface area contributed by atoms with Crippen LogP contribution in [0.25, 0.3) is 0 Å². The largest absolute Gasteiger partial charge is 0.349 e. The van der Waals surface area contributed by atoms with Gasteiger partial charge in [0, 0.05) is 37.4 Å². The third-order valence-corrected chi connectivity index (χ3v) is 5.53. The molecule has 0 saturated carbocycles. The van der Waals surface area contributed by atoms with Gasteiger partial charge in [-0.15, -0.1) is 0 Å². The number of fused-ring (bicyclic) bond motifs is 1. The third kappa shape index (κ3) is 4.54. The molecule has 2 amide bonds. The molecule has 0 atom stereocenters. The van der Waals surface area contributed by atoms with E-state index in [1.807, 2.05) is 24.5 Å². The van der Waals surface area contributed by atoms with Gasteiger partial charge in [0.15, 0.2) is 5.82 Å². The topological polar surface area (TPSA) is 80.1 Å². The molecule has 4 rings (SSSR count). The van der Waals surface area contributed by atoms with Crippen molar-refractivity contribution in [2.24, 2.45) is 0 Å². The van der Waals surface area contributed by atoms with Gasteiger partial charge in [0.25, 0.3) is 11.8 Å². The number of hydrogen-bond donors (Lipinski definition) is 1. The standard InChI is InChI=1S/C24H26FN5O2/c1-16(2)30-21-10-13-29(24(32)19-8-3-4-11-26-19)15-20(21)28-22(30)23(31)27-12-9-17-6-5-7-18(25)14-17/h3-8,11,14,16H,9-10,12-13,15H2,1-2H3,(H,27,31). The van der Waals surface area contributed by atoms with E-state index in [9.17, 15) is 14.0 Å². The Hall–Kier alpha value is -3.55. The highest BCUT2D eigenvalue weighted by Gasteiger charge is 2.30. The van der Waals surface area contributed by atoms with Gasteiger partial charge in [0.05, 0.1) is 12.2 Å². The number of amides is 2. The number of pyridine rings is 1. The fourth-order valence-corrected chi connectivity index (χ4v) is 4.04. The average molecular weight is 436 g/mol. The van der Waals surface area contributed by atoms with Crippen LogP contribution in [0.4, 0.5) is 4.39 Å². The molecule has 1 aliphatic heterocycles. The molecule has 0 radical (unpaired) electrons. The zero-order valence-corrected chi connectivity index (χ0v) is 18.2. The van der Waals surface area contributed by atoms with Crippen LogP contribution >= 0.6 is 0 Å². The van der Waals surface area contributed by atoms with Gasteiger partial charge in [-0.25, -0.2) is 9.37 Å². The third-order valence-electron chi connectivity index (χ3n) is 5.53. The summed E-state index contributed by atoms with van der Waals surface area (Å²) in [7, 11) is 0. The average Bonchev–Trinajstić information content (AvgIpc) is 3.18. The molecule has 1 N–H and O–H groups in total. The number of nitrogens with zero attached hydrogens (tertiary/aromatic N) is 4. The Kier molecular flexibility index (Phi) is 6.30. The molecule has 3 heterocycles. The number of carbonyl (C=O) groups excluding carboxylic acids is 2. The summed E-state index contributed by atoms with van der Waals surface area (Å²) in [6.45, 7) is 5.28. The SMILES string of the molecule is CC(C)n1c(C(=O)NCCc2cccc(F)c2)nc2c1CCN(C(=O)c1ccccn1)C2. The molecular formula is C24H26FN5O2. The van der Waals surface area contributed by atoms with Crippen LogP contribution in [0.1, 0.15) is 57.9 Å². The van der Waals surface area contributed by atoms with Gasteiger partial charge in [0.1, 0.15) is 11.5 Å². The van der Waals surface area contributed by atoms with Gasteiger partial charge in [0.2, 0.25) is 0 Å². The predicted octanol–water partition coefficient (Wildman–Crippen LogP) is 3.17. The van der Waals surface area contributed by atoms with Crippen molar-refractivity contribution in [2.75, 3.05) is 13.1 Å². The Morgan fingerprint density at radius 2 is 2.03 bits per heavy atom. The monoisotopic (exact) mass is 435 g/mol. The Labute approximate surface area is 186 Å². The zero-order chi connectivity index (χ0) is 22.7. The predicted molar refractivity (Wildman–Crippen MR) is 118 cm³/mol. The number of nitrogens with one attached hydrogen (secondary N) is 1. The minimum atomic E-state index is -0.290. The lowest BCUT2D eigenvalue weighted by atomic mass is 10.1. The van der Waals surface area contributed by atoms with Crippen molar-refractivity contribution in [3.8, 4) is 0 Å². The highest BCUT2D eigenvalue weighted by molar-refractivity contribution is 5.93. The number of rotatable bonds is 6. The Bertz CT molecular complexity index is 1130. The summed E-state index contributed by atoms with van der Waals surface area (Å²) in [5.41, 5.74) is 2.94. The van der Waals surface area contributed by atoms with Crippen molar-refractivity contribution in [1.29, 1.82) is 0 Å². The molecule has 0 fully saturated rings. The molecule has 8 heteroatoms. The van der Waals surface area contributed by atoms with Crippen LogP contribution in [0.5, 0.6) is 0 Å². The summed E-state index contributed by atoms with van der Waals surface area (Å²) in [5, 5.41) is 2.90. The summed E-state index contributed by atoms with van der Waals surface area (Å²) in [4.78, 5) is 36.2. The maximum absolute atomic E-state index is 13.4. The van der Waals surface area contributed by atoms with Crippen molar-refractivity contribution in [2.45, 2.75) is 39.3 Å². The van der Waals surface area contributed by atoms with E-state index in [0.717, 1.165) is 17.0 Å². The summed E-state index contributed by atoms with van der Waals surface area (Å²) in [6, 6.07) is 11.7. The first-order valence-electron chi connectivity index (χ1n) is 10.8. The van der Waals surface area contributed by atoms with Gasteiger partial charge in [-0.3, -0.25) is 14.6 Å². The van der Waals surface area contributed by atoms with E-state index in [1.165, 1.54) is 12.1 Å². The van der Waals surface area contributed by atoms with Gasteiger partial charge in [-0.2, -0.15) is 0 Å². The van der Waals surface area contributed by atoms with Gasteiger partial charge in [-0.05, 0) is 50.1 Å². The maximum Gasteiger partial charge on any atom is 0.287 e. The molecule has 3 aromatic rings. The van der Waals surface area contributed by atoms with Crippen LogP contribution in [0.2, 0.25) is 0 Å². The highest BCUT2D eigenvalue weighted by atomic mass is 19.1. The van der Waals surface area contributed by atoms with E-state index in [-0.39, 0.29) is 23.7 Å². The number of aromatic nitrogens is 3. The fourth-order valence-electron chi connectivity index (χ4n) is 4.04. The minimum Gasteiger partial charge on any atom is -0.349 e. The summed E-state index contributed by atoms with van der Waals surface area (Å²) < 4.78 is 15.3. The maximum atomic E-state index is 13.4. The molecule has 0 spiro atoms. The molecule has 1 aromatic carbocycles. The number of halogens is 1. The zero-order valence-electron chi connectivity index (χ0n) is 18.2. The molecule has 166 valence electrons. The Balaban J connectivity index is 1.48. The second-order valence-electron chi connectivity index (χ2n) is 8.12. The molecule has 2 aromatic heterocycles. The van der Waals surface area contributed by atoms with Gasteiger partial charge in [-0.1, -0.05) is 18.2 Å². The first-order chi connectivity index (χ1) is 15.4. The van der Waals surface area contributed by atoms with Gasteiger partial charge < -0.3 is 14.8 Å². The van der Waals surface area contributed by atoms with Gasteiger partial charge >= 0.3 is 0 Å². The lowest BCUT2D eigenvalue weighted by molar-refractivity contribution is 0.0724. The Morgan fingerprint density at radius 1 is 1.19 bits per heavy atom. The van der Waals surface area contributed by atoms with E-state index in [4.69, 9.17) is 0 Å². The van der Waals surface area contributed by atoms with E-state index in [0.29, 0.717) is 44.0 Å². The molecule has 0 unspecified atom stereocenters. The summed E-state index contributed by atoms with van der Waals surface area (Å²) in [6.07, 6.45) is 2.75. The van der Waals surface area contributed by atoms with Crippen molar-refractivity contribution in [3.63, 3.8) is 0 Å². The second-order valence-corrected chi connectivity index (χ2v) is 8.12. The van der Waals surface area contributed by atoms with Crippen LogP contribution in [0.15, 0.2) is 48.7 Å². The van der Waals surface area contributed by atoms with Crippen LogP contribution in [-0.2, 0) is 19.4 Å². The van der Waals surface area contributed by atoms with Crippen molar-refractivity contribution in [3.05, 3.63) is 82.9 Å². The van der Waals surface area contributed by atoms with Crippen LogP contribution < -0.4 is 5.32 Å².